The van der Waals surface area contributed by atoms with Crippen LogP contribution in [-0.2, 0) is 16.1 Å². The van der Waals surface area contributed by atoms with Gasteiger partial charge in [-0.2, -0.15) is 0 Å². The van der Waals surface area contributed by atoms with Crippen LogP contribution in [-0.4, -0.2) is 38.3 Å². The fraction of sp³-hybridized carbons (Fsp3) is 0.269. The number of halogens is 2. The number of rotatable bonds is 9. The second-order valence-electron chi connectivity index (χ2n) is 8.75. The maximum Gasteiger partial charge on any atom is 0.249 e. The van der Waals surface area contributed by atoms with E-state index >= 15 is 0 Å². The Labute approximate surface area is 213 Å². The summed E-state index contributed by atoms with van der Waals surface area (Å²) in [6.07, 6.45) is 3.87. The molecule has 2 heterocycles. The molecule has 4 aromatic rings. The van der Waals surface area contributed by atoms with Crippen LogP contribution >= 0.6 is 11.6 Å². The van der Waals surface area contributed by atoms with E-state index in [1.54, 1.807) is 36.7 Å². The second kappa shape index (κ2) is 11.3. The Kier molecular flexibility index (Phi) is 7.90. The van der Waals surface area contributed by atoms with Gasteiger partial charge in [-0.15, -0.1) is 5.10 Å². The van der Waals surface area contributed by atoms with Gasteiger partial charge in [0.25, 0.3) is 0 Å². The number of hydrogen-bond donors (Lipinski definition) is 1. The summed E-state index contributed by atoms with van der Waals surface area (Å²) in [7, 11) is 0. The predicted octanol–water partition coefficient (Wildman–Crippen LogP) is 4.56. The molecule has 1 unspecified atom stereocenters. The van der Waals surface area contributed by atoms with Crippen LogP contribution in [0.25, 0.3) is 11.0 Å². The first-order chi connectivity index (χ1) is 17.3. The zero-order valence-corrected chi connectivity index (χ0v) is 20.7. The fourth-order valence-electron chi connectivity index (χ4n) is 3.85. The third-order valence-corrected chi connectivity index (χ3v) is 5.99. The largest absolute Gasteiger partial charge is 0.354 e. The minimum absolute atomic E-state index is 0.162. The van der Waals surface area contributed by atoms with E-state index in [4.69, 9.17) is 11.6 Å². The van der Waals surface area contributed by atoms with Gasteiger partial charge in [-0.05, 0) is 60.4 Å². The summed E-state index contributed by atoms with van der Waals surface area (Å²) < 4.78 is 15.5. The number of carbonyl (C=O) groups excluding carboxylic acids is 2. The van der Waals surface area contributed by atoms with Gasteiger partial charge in [-0.25, -0.2) is 9.07 Å². The molecule has 4 rings (SSSR count). The molecule has 0 aliphatic rings. The van der Waals surface area contributed by atoms with Crippen molar-refractivity contribution in [1.82, 2.24) is 25.3 Å². The number of pyridine rings is 1. The molecule has 36 heavy (non-hydrogen) atoms. The van der Waals surface area contributed by atoms with Gasteiger partial charge in [0.05, 0.1) is 10.5 Å². The molecular formula is C26H26ClFN6O2. The summed E-state index contributed by atoms with van der Waals surface area (Å²) >= 11 is 6.08. The molecule has 1 N–H and O–H groups in total. The highest BCUT2D eigenvalue weighted by molar-refractivity contribution is 6.31. The van der Waals surface area contributed by atoms with Crippen LogP contribution in [0.5, 0.6) is 0 Å². The molecule has 0 saturated heterocycles. The number of benzene rings is 2. The zero-order valence-electron chi connectivity index (χ0n) is 19.9. The van der Waals surface area contributed by atoms with Gasteiger partial charge in [0.1, 0.15) is 23.9 Å². The lowest BCUT2D eigenvalue weighted by molar-refractivity contribution is -0.127. The van der Waals surface area contributed by atoms with Crippen molar-refractivity contribution in [2.24, 2.45) is 5.92 Å². The Bertz CT molecular complexity index is 1360. The van der Waals surface area contributed by atoms with Gasteiger partial charge in [0.2, 0.25) is 11.8 Å². The van der Waals surface area contributed by atoms with Crippen LogP contribution in [0.3, 0.4) is 0 Å². The van der Waals surface area contributed by atoms with E-state index in [1.807, 2.05) is 12.1 Å². The molecule has 0 saturated carbocycles. The van der Waals surface area contributed by atoms with Crippen molar-refractivity contribution in [1.29, 1.82) is 0 Å². The molecule has 0 fully saturated rings. The van der Waals surface area contributed by atoms with Crippen molar-refractivity contribution in [2.45, 2.75) is 32.9 Å². The highest BCUT2D eigenvalue weighted by Crippen LogP contribution is 2.31. The van der Waals surface area contributed by atoms with Crippen molar-refractivity contribution in [3.05, 3.63) is 83.4 Å². The number of anilines is 1. The molecule has 8 nitrogen and oxygen atoms in total. The maximum atomic E-state index is 14.0. The molecule has 186 valence electrons. The normalized spacial score (nSPS) is 12.0. The number of fused-ring (bicyclic) bond motifs is 1. The highest BCUT2D eigenvalue weighted by Gasteiger charge is 2.33. The van der Waals surface area contributed by atoms with E-state index in [1.165, 1.54) is 27.8 Å². The molecule has 0 bridgehead atoms. The van der Waals surface area contributed by atoms with Gasteiger partial charge in [0.15, 0.2) is 0 Å². The third-order valence-electron chi connectivity index (χ3n) is 5.70. The average molecular weight is 509 g/mol. The monoisotopic (exact) mass is 508 g/mol. The summed E-state index contributed by atoms with van der Waals surface area (Å²) in [6.45, 7) is 4.37. The van der Waals surface area contributed by atoms with Gasteiger partial charge in [0, 0.05) is 24.6 Å². The number of carbonyl (C=O) groups is 2. The molecule has 2 aromatic carbocycles. The standard InChI is InChI=1S/C26H26ClFN6O2/c1-17(2)9-14-30-26(36)25(18-10-12-29-13-11-18)34(19-7-8-21(28)20(27)15-19)24(35)16-33-23-6-4-3-5-22(23)31-32-33/h3-8,10-13,15,17,25H,9,14,16H2,1-2H3,(H,30,36). The first-order valence-electron chi connectivity index (χ1n) is 11.6. The first kappa shape index (κ1) is 25.2. The molecule has 0 aliphatic heterocycles. The first-order valence-corrected chi connectivity index (χ1v) is 12.0. The number of aromatic nitrogens is 4. The Balaban J connectivity index is 1.77. The number of amides is 2. The SMILES string of the molecule is CC(C)CCNC(=O)C(c1ccncc1)N(C(=O)Cn1nnc2ccccc21)c1ccc(F)c(Cl)c1. The van der Waals surface area contributed by atoms with E-state index in [-0.39, 0.29) is 23.2 Å². The van der Waals surface area contributed by atoms with Gasteiger partial charge in [-0.3, -0.25) is 19.5 Å². The van der Waals surface area contributed by atoms with Crippen molar-refractivity contribution < 1.29 is 14.0 Å². The molecular weight excluding hydrogens is 483 g/mol. The lowest BCUT2D eigenvalue weighted by Crippen LogP contribution is -2.45. The van der Waals surface area contributed by atoms with Crippen molar-refractivity contribution in [3.63, 3.8) is 0 Å². The molecule has 10 heteroatoms. The summed E-state index contributed by atoms with van der Waals surface area (Å²) in [5.41, 5.74) is 2.13. The third kappa shape index (κ3) is 5.68. The van der Waals surface area contributed by atoms with Crippen LogP contribution in [0.2, 0.25) is 5.02 Å². The molecule has 0 spiro atoms. The van der Waals surface area contributed by atoms with E-state index in [0.717, 1.165) is 6.42 Å². The smallest absolute Gasteiger partial charge is 0.249 e. The van der Waals surface area contributed by atoms with Crippen LogP contribution in [0.4, 0.5) is 10.1 Å². The van der Waals surface area contributed by atoms with Crippen LogP contribution < -0.4 is 10.2 Å². The Morgan fingerprint density at radius 1 is 1.11 bits per heavy atom. The summed E-state index contributed by atoms with van der Waals surface area (Å²) in [6, 6.07) is 13.5. The Morgan fingerprint density at radius 2 is 1.86 bits per heavy atom. The second-order valence-corrected chi connectivity index (χ2v) is 9.16. The quantitative estimate of drug-likeness (QED) is 0.358. The Hall–Kier alpha value is -3.85. The maximum absolute atomic E-state index is 14.0. The summed E-state index contributed by atoms with van der Waals surface area (Å²) in [5.74, 6) is -1.07. The lowest BCUT2D eigenvalue weighted by atomic mass is 10.0. The summed E-state index contributed by atoms with van der Waals surface area (Å²) in [5, 5.41) is 11.0. The molecule has 2 aromatic heterocycles. The van der Waals surface area contributed by atoms with E-state index in [2.05, 4.69) is 34.5 Å². The topological polar surface area (TPSA) is 93.0 Å². The van der Waals surface area contributed by atoms with Crippen LogP contribution in [0.1, 0.15) is 31.9 Å². The molecule has 1 atom stereocenters. The van der Waals surface area contributed by atoms with Gasteiger partial charge >= 0.3 is 0 Å². The van der Waals surface area contributed by atoms with Gasteiger partial charge in [-0.1, -0.05) is 42.8 Å². The number of nitrogens with one attached hydrogen (secondary N) is 1. The van der Waals surface area contributed by atoms with E-state index in [9.17, 15) is 14.0 Å². The zero-order chi connectivity index (χ0) is 25.7. The fourth-order valence-corrected chi connectivity index (χ4v) is 4.03. The van der Waals surface area contributed by atoms with Crippen LogP contribution in [0.15, 0.2) is 67.0 Å². The van der Waals surface area contributed by atoms with E-state index in [0.29, 0.717) is 29.1 Å². The number of para-hydroxylation sites is 1. The minimum Gasteiger partial charge on any atom is -0.354 e. The van der Waals surface area contributed by atoms with Gasteiger partial charge < -0.3 is 5.32 Å². The van der Waals surface area contributed by atoms with Crippen LogP contribution in [0, 0.1) is 11.7 Å². The average Bonchev–Trinajstić information content (AvgIpc) is 3.27. The summed E-state index contributed by atoms with van der Waals surface area (Å²) in [4.78, 5) is 32.8. The number of nitrogens with zero attached hydrogens (tertiary/aromatic N) is 5. The predicted molar refractivity (Wildman–Crippen MR) is 136 cm³/mol. The Morgan fingerprint density at radius 3 is 2.58 bits per heavy atom. The minimum atomic E-state index is -1.05. The molecule has 0 radical (unpaired) electrons. The van der Waals surface area contributed by atoms with Crippen molar-refractivity contribution >= 4 is 40.1 Å². The highest BCUT2D eigenvalue weighted by atomic mass is 35.5. The lowest BCUT2D eigenvalue weighted by Gasteiger charge is -2.31. The molecule has 0 aliphatic carbocycles. The molecule has 2 amide bonds. The van der Waals surface area contributed by atoms with E-state index < -0.39 is 17.8 Å². The number of hydrogen-bond acceptors (Lipinski definition) is 5. The van der Waals surface area contributed by atoms with Crippen molar-refractivity contribution in [2.75, 3.05) is 11.4 Å². The van der Waals surface area contributed by atoms with Crippen molar-refractivity contribution in [3.8, 4) is 0 Å².